The van der Waals surface area contributed by atoms with Crippen molar-refractivity contribution in [2.75, 3.05) is 0 Å². The average Bonchev–Trinajstić information content (AvgIpc) is 2.84. The first-order valence-electron chi connectivity index (χ1n) is 9.70. The Hall–Kier alpha value is -3.66. The number of ketones is 1. The van der Waals surface area contributed by atoms with Crippen LogP contribution in [-0.4, -0.2) is 11.6 Å². The molecule has 4 rings (SSSR count). The highest BCUT2D eigenvalue weighted by Gasteiger charge is 2.26. The summed E-state index contributed by atoms with van der Waals surface area (Å²) in [6, 6.07) is 39.7. The van der Waals surface area contributed by atoms with Gasteiger partial charge in [0.1, 0.15) is 0 Å². The second-order valence-corrected chi connectivity index (χ2v) is 10.2. The summed E-state index contributed by atoms with van der Waals surface area (Å²) in [4.78, 5) is 13.5. The van der Waals surface area contributed by atoms with Crippen LogP contribution in [0.15, 0.2) is 115 Å². The van der Waals surface area contributed by atoms with Crippen molar-refractivity contribution in [3.05, 3.63) is 126 Å². The molecule has 0 radical (unpaired) electrons. The lowest BCUT2D eigenvalue weighted by molar-refractivity contribution is 0.107. The standard InChI is InChI=1S/C27H20NOP/c28-20-22-16-18-23(19-17-22)27(29)21-30(24-10-4-1-5-11-24,25-12-6-2-7-13-25)26-14-8-3-9-15-26/h1-19,21H. The summed E-state index contributed by atoms with van der Waals surface area (Å²) in [6.07, 6.45) is 0. The number of rotatable bonds is 5. The molecule has 0 atom stereocenters. The van der Waals surface area contributed by atoms with Gasteiger partial charge in [0, 0.05) is 5.56 Å². The summed E-state index contributed by atoms with van der Waals surface area (Å²) >= 11 is 0. The largest absolute Gasteiger partial charge is 0.289 e. The van der Waals surface area contributed by atoms with Crippen molar-refractivity contribution in [2.24, 2.45) is 0 Å². The molecule has 0 aliphatic heterocycles. The fourth-order valence-corrected chi connectivity index (χ4v) is 7.39. The quantitative estimate of drug-likeness (QED) is 0.361. The van der Waals surface area contributed by atoms with Gasteiger partial charge in [-0.25, -0.2) is 0 Å². The second-order valence-electron chi connectivity index (χ2n) is 6.91. The van der Waals surface area contributed by atoms with Gasteiger partial charge < -0.3 is 0 Å². The zero-order chi connectivity index (χ0) is 20.8. The van der Waals surface area contributed by atoms with Gasteiger partial charge in [-0.1, -0.05) is 91.0 Å². The molecule has 0 heterocycles. The maximum atomic E-state index is 13.5. The van der Waals surface area contributed by atoms with Gasteiger partial charge in [-0.15, -0.1) is 0 Å². The minimum Gasteiger partial charge on any atom is -0.289 e. The van der Waals surface area contributed by atoms with Crippen molar-refractivity contribution in [3.8, 4) is 6.07 Å². The highest BCUT2D eigenvalue weighted by Crippen LogP contribution is 2.43. The molecule has 4 aromatic rings. The number of hydrogen-bond acceptors (Lipinski definition) is 2. The van der Waals surface area contributed by atoms with E-state index in [0.717, 1.165) is 15.9 Å². The number of carbonyl (C=O) groups is 1. The van der Waals surface area contributed by atoms with Crippen molar-refractivity contribution in [3.63, 3.8) is 0 Å². The summed E-state index contributed by atoms with van der Waals surface area (Å²) in [5.74, 6) is 1.87. The molecule has 0 aliphatic rings. The molecule has 0 spiro atoms. The Labute approximate surface area is 177 Å². The van der Waals surface area contributed by atoms with Gasteiger partial charge in [-0.3, -0.25) is 4.79 Å². The predicted octanol–water partition coefficient (Wildman–Crippen LogP) is 4.54. The van der Waals surface area contributed by atoms with Crippen LogP contribution in [0.25, 0.3) is 0 Å². The van der Waals surface area contributed by atoms with Crippen molar-refractivity contribution in [2.45, 2.75) is 0 Å². The minimum absolute atomic E-state index is 0.0376. The van der Waals surface area contributed by atoms with Gasteiger partial charge >= 0.3 is 0 Å². The first kappa shape index (κ1) is 19.6. The average molecular weight is 405 g/mol. The third-order valence-electron chi connectivity index (χ3n) is 5.10. The number of Topliss-reactive ketones (excluding diaryl/α,β-unsaturated/α-hetero) is 1. The molecule has 0 N–H and O–H groups in total. The Morgan fingerprint density at radius 2 is 1.03 bits per heavy atom. The molecule has 144 valence electrons. The van der Waals surface area contributed by atoms with E-state index in [1.807, 2.05) is 60.4 Å². The van der Waals surface area contributed by atoms with Crippen LogP contribution in [0, 0.1) is 11.3 Å². The molecule has 0 aromatic heterocycles. The van der Waals surface area contributed by atoms with Gasteiger partial charge in [-0.05, 0) is 52.9 Å². The van der Waals surface area contributed by atoms with E-state index in [-0.39, 0.29) is 5.78 Å². The fourth-order valence-electron chi connectivity index (χ4n) is 3.62. The van der Waals surface area contributed by atoms with Crippen LogP contribution in [0.5, 0.6) is 0 Å². The Morgan fingerprint density at radius 3 is 1.40 bits per heavy atom. The zero-order valence-corrected chi connectivity index (χ0v) is 17.2. The fraction of sp³-hybridized carbons (Fsp3) is 0. The van der Waals surface area contributed by atoms with Crippen molar-refractivity contribution >= 4 is 34.4 Å². The third-order valence-corrected chi connectivity index (χ3v) is 9.06. The normalized spacial score (nSPS) is 10.8. The van der Waals surface area contributed by atoms with Crippen LogP contribution in [0.1, 0.15) is 15.9 Å². The van der Waals surface area contributed by atoms with Crippen molar-refractivity contribution in [1.29, 1.82) is 5.26 Å². The SMILES string of the molecule is N#Cc1ccc(C(=O)C=P(c2ccccc2)(c2ccccc2)c2ccccc2)cc1. The number of carbonyl (C=O) groups excluding carboxylic acids is 1. The van der Waals surface area contributed by atoms with Crippen LogP contribution < -0.4 is 15.9 Å². The van der Waals surface area contributed by atoms with Crippen LogP contribution in [-0.2, 0) is 0 Å². The lowest BCUT2D eigenvalue weighted by Gasteiger charge is -2.28. The summed E-state index contributed by atoms with van der Waals surface area (Å²) in [6.45, 7) is -2.33. The van der Waals surface area contributed by atoms with Crippen LogP contribution in [0.2, 0.25) is 0 Å². The zero-order valence-electron chi connectivity index (χ0n) is 16.3. The van der Waals surface area contributed by atoms with Crippen molar-refractivity contribution in [1.82, 2.24) is 0 Å². The molecular formula is C27H20NOP. The van der Waals surface area contributed by atoms with Gasteiger partial charge in [0.25, 0.3) is 0 Å². The Balaban J connectivity index is 2.03. The number of hydrogen-bond donors (Lipinski definition) is 0. The topological polar surface area (TPSA) is 40.9 Å². The first-order chi connectivity index (χ1) is 14.7. The molecular weight excluding hydrogens is 385 g/mol. The van der Waals surface area contributed by atoms with Gasteiger partial charge in [0.15, 0.2) is 5.78 Å². The smallest absolute Gasteiger partial charge is 0.186 e. The Kier molecular flexibility index (Phi) is 5.75. The van der Waals surface area contributed by atoms with E-state index in [1.165, 1.54) is 0 Å². The molecule has 0 saturated heterocycles. The molecule has 0 saturated carbocycles. The van der Waals surface area contributed by atoms with E-state index in [2.05, 4.69) is 42.5 Å². The second kappa shape index (κ2) is 8.78. The van der Waals surface area contributed by atoms with E-state index in [9.17, 15) is 4.79 Å². The maximum Gasteiger partial charge on any atom is 0.186 e. The lowest BCUT2D eigenvalue weighted by atomic mass is 10.1. The monoisotopic (exact) mass is 405 g/mol. The molecule has 30 heavy (non-hydrogen) atoms. The highest BCUT2D eigenvalue weighted by atomic mass is 31.2. The highest BCUT2D eigenvalue weighted by molar-refractivity contribution is 7.95. The predicted molar refractivity (Wildman–Crippen MR) is 127 cm³/mol. The molecule has 2 nitrogen and oxygen atoms in total. The van der Waals surface area contributed by atoms with Gasteiger partial charge in [0.05, 0.1) is 11.6 Å². The van der Waals surface area contributed by atoms with Crippen molar-refractivity contribution < 1.29 is 4.79 Å². The maximum absolute atomic E-state index is 13.5. The first-order valence-corrected chi connectivity index (χ1v) is 11.6. The number of nitrogens with zero attached hydrogens (tertiary/aromatic N) is 1. The Bertz CT molecular complexity index is 1140. The number of nitriles is 1. The molecule has 0 bridgehead atoms. The molecule has 0 aliphatic carbocycles. The van der Waals surface area contributed by atoms with E-state index in [1.54, 1.807) is 24.3 Å². The Morgan fingerprint density at radius 1 is 0.633 bits per heavy atom. The van der Waals surface area contributed by atoms with Gasteiger partial charge in [-0.2, -0.15) is 5.26 Å². The van der Waals surface area contributed by atoms with Crippen LogP contribution >= 0.6 is 6.89 Å². The third kappa shape index (κ3) is 3.77. The van der Waals surface area contributed by atoms with E-state index < -0.39 is 6.89 Å². The molecule has 0 unspecified atom stereocenters. The minimum atomic E-state index is -2.33. The molecule has 0 amide bonds. The number of benzene rings is 4. The lowest BCUT2D eigenvalue weighted by Crippen LogP contribution is -2.28. The van der Waals surface area contributed by atoms with E-state index >= 15 is 0 Å². The van der Waals surface area contributed by atoms with E-state index in [4.69, 9.17) is 5.26 Å². The molecule has 0 fully saturated rings. The summed E-state index contributed by atoms with van der Waals surface area (Å²) in [5, 5.41) is 12.4. The van der Waals surface area contributed by atoms with E-state index in [0.29, 0.717) is 11.1 Å². The molecule has 3 heteroatoms. The summed E-state index contributed by atoms with van der Waals surface area (Å²) in [5.41, 5.74) is 1.13. The van der Waals surface area contributed by atoms with Crippen LogP contribution in [0.3, 0.4) is 0 Å². The van der Waals surface area contributed by atoms with Gasteiger partial charge in [0.2, 0.25) is 0 Å². The summed E-state index contributed by atoms with van der Waals surface area (Å²) < 4.78 is 0. The van der Waals surface area contributed by atoms with Crippen LogP contribution in [0.4, 0.5) is 0 Å². The summed E-state index contributed by atoms with van der Waals surface area (Å²) in [7, 11) is 0. The molecule has 4 aromatic carbocycles.